The van der Waals surface area contributed by atoms with E-state index in [1.807, 2.05) is 48.5 Å². The molecule has 0 aliphatic carbocycles. The first-order chi connectivity index (χ1) is 19.3. The number of fused-ring (bicyclic) bond motifs is 1. The van der Waals surface area contributed by atoms with E-state index >= 15 is 0 Å². The van der Waals surface area contributed by atoms with Crippen molar-refractivity contribution in [3.63, 3.8) is 0 Å². The summed E-state index contributed by atoms with van der Waals surface area (Å²) in [6, 6.07) is 31.1. The van der Waals surface area contributed by atoms with E-state index in [2.05, 4.69) is 40.7 Å². The molecule has 5 rings (SSSR count). The molecule has 0 bridgehead atoms. The molecule has 0 radical (unpaired) electrons. The molecule has 40 heavy (non-hydrogen) atoms. The van der Waals surface area contributed by atoms with Gasteiger partial charge in [0, 0.05) is 28.7 Å². The smallest absolute Gasteiger partial charge is 0.261 e. The molecule has 1 heterocycles. The molecule has 7 nitrogen and oxygen atoms in total. The van der Waals surface area contributed by atoms with Gasteiger partial charge in [0.25, 0.3) is 10.0 Å². The quantitative estimate of drug-likeness (QED) is 0.168. The van der Waals surface area contributed by atoms with E-state index in [4.69, 9.17) is 4.99 Å². The molecule has 0 saturated carbocycles. The number of aromatic nitrogens is 1. The molecule has 8 heteroatoms. The van der Waals surface area contributed by atoms with Crippen LogP contribution in [-0.2, 0) is 16.6 Å². The van der Waals surface area contributed by atoms with Crippen LogP contribution in [-0.4, -0.2) is 42.7 Å². The van der Waals surface area contributed by atoms with Crippen molar-refractivity contribution in [3.8, 4) is 5.88 Å². The lowest BCUT2D eigenvalue weighted by molar-refractivity contribution is 0.327. The highest BCUT2D eigenvalue weighted by Gasteiger charge is 2.22. The summed E-state index contributed by atoms with van der Waals surface area (Å²) in [6.07, 6.45) is 1.10. The lowest BCUT2D eigenvalue weighted by Gasteiger charge is -2.15. The zero-order valence-electron chi connectivity index (χ0n) is 22.5. The average molecular weight is 553 g/mol. The SMILES string of the molecule is CCCN(C)Cc1ccc(N=C(c2ccccc2)c2c(O)[nH]c3ccc(S(=O)(=O)Nc4ccccc4)cc23)cc1. The van der Waals surface area contributed by atoms with E-state index in [9.17, 15) is 13.5 Å². The third kappa shape index (κ3) is 6.09. The van der Waals surface area contributed by atoms with Gasteiger partial charge in [-0.1, -0.05) is 67.6 Å². The summed E-state index contributed by atoms with van der Waals surface area (Å²) in [5.41, 5.74) is 4.74. The Morgan fingerprint density at radius 3 is 2.27 bits per heavy atom. The first-order valence-corrected chi connectivity index (χ1v) is 14.7. The fraction of sp³-hybridized carbons (Fsp3) is 0.156. The Bertz CT molecular complexity index is 1730. The molecule has 204 valence electrons. The van der Waals surface area contributed by atoms with E-state index in [1.165, 1.54) is 11.6 Å². The van der Waals surface area contributed by atoms with Crippen molar-refractivity contribution < 1.29 is 13.5 Å². The van der Waals surface area contributed by atoms with Gasteiger partial charge in [0.05, 0.1) is 21.9 Å². The van der Waals surface area contributed by atoms with Crippen molar-refractivity contribution in [1.29, 1.82) is 0 Å². The molecule has 0 fully saturated rings. The van der Waals surface area contributed by atoms with E-state index in [0.29, 0.717) is 27.9 Å². The first-order valence-electron chi connectivity index (χ1n) is 13.2. The van der Waals surface area contributed by atoms with Crippen LogP contribution in [0.1, 0.15) is 30.0 Å². The van der Waals surface area contributed by atoms with Crippen LogP contribution in [0.5, 0.6) is 5.88 Å². The Hall–Kier alpha value is -4.40. The fourth-order valence-electron chi connectivity index (χ4n) is 4.72. The molecule has 0 unspecified atom stereocenters. The summed E-state index contributed by atoms with van der Waals surface area (Å²) >= 11 is 0. The van der Waals surface area contributed by atoms with Crippen molar-refractivity contribution in [2.24, 2.45) is 4.99 Å². The number of hydrogen-bond acceptors (Lipinski definition) is 5. The van der Waals surface area contributed by atoms with Crippen molar-refractivity contribution in [1.82, 2.24) is 9.88 Å². The lowest BCUT2D eigenvalue weighted by atomic mass is 10.0. The summed E-state index contributed by atoms with van der Waals surface area (Å²) in [6.45, 7) is 4.04. The van der Waals surface area contributed by atoms with Gasteiger partial charge in [0.2, 0.25) is 0 Å². The Morgan fingerprint density at radius 1 is 0.925 bits per heavy atom. The van der Waals surface area contributed by atoms with Gasteiger partial charge >= 0.3 is 0 Å². The number of aliphatic imine (C=N–C) groups is 1. The van der Waals surface area contributed by atoms with Crippen LogP contribution in [0, 0.1) is 0 Å². The van der Waals surface area contributed by atoms with Crippen molar-refractivity contribution >= 4 is 38.0 Å². The van der Waals surface area contributed by atoms with E-state index in [1.54, 1.807) is 36.4 Å². The highest BCUT2D eigenvalue weighted by Crippen LogP contribution is 2.33. The predicted octanol–water partition coefficient (Wildman–Crippen LogP) is 6.69. The van der Waals surface area contributed by atoms with Gasteiger partial charge in [-0.25, -0.2) is 13.4 Å². The van der Waals surface area contributed by atoms with Crippen LogP contribution in [0.25, 0.3) is 10.9 Å². The topological polar surface area (TPSA) is 97.8 Å². The summed E-state index contributed by atoms with van der Waals surface area (Å²) in [5.74, 6) is -0.0824. The van der Waals surface area contributed by atoms with Crippen molar-refractivity contribution in [2.45, 2.75) is 24.8 Å². The number of aromatic amines is 1. The number of nitrogens with zero attached hydrogens (tertiary/aromatic N) is 2. The Labute approximate surface area is 234 Å². The average Bonchev–Trinajstić information content (AvgIpc) is 3.28. The predicted molar refractivity (Wildman–Crippen MR) is 162 cm³/mol. The number of para-hydroxylation sites is 1. The maximum atomic E-state index is 13.2. The molecule has 0 aliphatic rings. The largest absolute Gasteiger partial charge is 0.494 e. The number of aromatic hydroxyl groups is 1. The summed E-state index contributed by atoms with van der Waals surface area (Å²) in [7, 11) is -1.77. The number of rotatable bonds is 10. The van der Waals surface area contributed by atoms with Crippen LogP contribution < -0.4 is 4.72 Å². The minimum Gasteiger partial charge on any atom is -0.494 e. The van der Waals surface area contributed by atoms with E-state index < -0.39 is 10.0 Å². The van der Waals surface area contributed by atoms with Crippen LogP contribution in [0.3, 0.4) is 0 Å². The molecular weight excluding hydrogens is 520 g/mol. The highest BCUT2D eigenvalue weighted by atomic mass is 32.2. The van der Waals surface area contributed by atoms with E-state index in [0.717, 1.165) is 30.8 Å². The second-order valence-corrected chi connectivity index (χ2v) is 11.4. The minimum atomic E-state index is -3.87. The standard InChI is InChI=1S/C32H32N4O3S/c1-3-20-36(2)22-23-14-16-25(17-15-23)33-31(24-10-6-4-7-11-24)30-28-21-27(18-19-29(28)34-32(30)37)40(38,39)35-26-12-8-5-9-13-26/h4-19,21,34-35,37H,3,20,22H2,1-2H3. The van der Waals surface area contributed by atoms with Gasteiger partial charge in [0.15, 0.2) is 5.88 Å². The van der Waals surface area contributed by atoms with Crippen molar-refractivity contribution in [3.05, 3.63) is 120 Å². The van der Waals surface area contributed by atoms with E-state index in [-0.39, 0.29) is 10.8 Å². The maximum Gasteiger partial charge on any atom is 0.261 e. The lowest BCUT2D eigenvalue weighted by Crippen LogP contribution is -2.18. The van der Waals surface area contributed by atoms with Crippen LogP contribution in [0.15, 0.2) is 113 Å². The van der Waals surface area contributed by atoms with Gasteiger partial charge in [-0.2, -0.15) is 0 Å². The Kier molecular flexibility index (Phi) is 8.00. The molecule has 3 N–H and O–H groups in total. The zero-order valence-corrected chi connectivity index (χ0v) is 23.3. The third-order valence-corrected chi connectivity index (χ3v) is 7.98. The monoisotopic (exact) mass is 552 g/mol. The molecule has 0 atom stereocenters. The van der Waals surface area contributed by atoms with Crippen molar-refractivity contribution in [2.75, 3.05) is 18.3 Å². The number of hydrogen-bond donors (Lipinski definition) is 3. The van der Waals surface area contributed by atoms with Gasteiger partial charge in [-0.05, 0) is 68.0 Å². The van der Waals surface area contributed by atoms with Gasteiger partial charge in [-0.3, -0.25) is 4.72 Å². The zero-order chi connectivity index (χ0) is 28.1. The maximum absolute atomic E-state index is 13.2. The van der Waals surface area contributed by atoms with Crippen LogP contribution in [0.2, 0.25) is 0 Å². The number of H-pyrrole nitrogens is 1. The molecule has 0 amide bonds. The number of sulfonamides is 1. The Balaban J connectivity index is 1.58. The number of anilines is 1. The third-order valence-electron chi connectivity index (χ3n) is 6.61. The summed E-state index contributed by atoms with van der Waals surface area (Å²) in [4.78, 5) is 10.3. The second kappa shape index (κ2) is 11.8. The first kappa shape index (κ1) is 27.2. The molecule has 4 aromatic carbocycles. The molecular formula is C32H32N4O3S. The van der Waals surface area contributed by atoms with Gasteiger partial charge < -0.3 is 15.0 Å². The normalized spacial score (nSPS) is 12.2. The van der Waals surface area contributed by atoms with Gasteiger partial charge in [-0.15, -0.1) is 0 Å². The second-order valence-electron chi connectivity index (χ2n) is 9.76. The molecule has 1 aromatic heterocycles. The fourth-order valence-corrected chi connectivity index (χ4v) is 5.81. The number of nitrogens with one attached hydrogen (secondary N) is 2. The Morgan fingerprint density at radius 2 is 1.60 bits per heavy atom. The number of benzene rings is 4. The highest BCUT2D eigenvalue weighted by molar-refractivity contribution is 7.92. The van der Waals surface area contributed by atoms with Gasteiger partial charge in [0.1, 0.15) is 0 Å². The molecule has 0 aliphatic heterocycles. The van der Waals surface area contributed by atoms with Crippen LogP contribution in [0.4, 0.5) is 11.4 Å². The molecule has 0 spiro atoms. The minimum absolute atomic E-state index is 0.0806. The molecule has 5 aromatic rings. The van der Waals surface area contributed by atoms with Crippen LogP contribution >= 0.6 is 0 Å². The molecule has 0 saturated heterocycles. The summed E-state index contributed by atoms with van der Waals surface area (Å²) in [5, 5.41) is 11.6. The summed E-state index contributed by atoms with van der Waals surface area (Å²) < 4.78 is 29.1.